The average molecular weight is 266 g/mol. The van der Waals surface area contributed by atoms with Crippen LogP contribution in [0.25, 0.3) is 0 Å². The van der Waals surface area contributed by atoms with Gasteiger partial charge in [-0.1, -0.05) is 13.0 Å². The molecule has 2 unspecified atom stereocenters. The maximum atomic E-state index is 14.2. The smallest absolute Gasteiger partial charge is 0.130 e. The SMILES string of the molecule is CCC1COCCN1c1cccc(F)c1C(C)NC. The summed E-state index contributed by atoms with van der Waals surface area (Å²) in [6.45, 7) is 6.39. The summed E-state index contributed by atoms with van der Waals surface area (Å²) in [6.07, 6.45) is 1.00. The third-order valence-electron chi connectivity index (χ3n) is 3.90. The minimum absolute atomic E-state index is 0.00319. The fraction of sp³-hybridized carbons (Fsp3) is 0.600. The molecule has 0 bridgehead atoms. The summed E-state index contributed by atoms with van der Waals surface area (Å²) in [5.41, 5.74) is 1.75. The van der Waals surface area contributed by atoms with Gasteiger partial charge in [0.2, 0.25) is 0 Å². The summed E-state index contributed by atoms with van der Waals surface area (Å²) < 4.78 is 19.7. The molecule has 1 saturated heterocycles. The summed E-state index contributed by atoms with van der Waals surface area (Å²) in [4.78, 5) is 2.29. The van der Waals surface area contributed by atoms with Gasteiger partial charge in [0.25, 0.3) is 0 Å². The third-order valence-corrected chi connectivity index (χ3v) is 3.90. The molecule has 1 aromatic carbocycles. The van der Waals surface area contributed by atoms with Crippen molar-refractivity contribution < 1.29 is 9.13 Å². The quantitative estimate of drug-likeness (QED) is 0.907. The van der Waals surface area contributed by atoms with Gasteiger partial charge >= 0.3 is 0 Å². The lowest BCUT2D eigenvalue weighted by molar-refractivity contribution is 0.0928. The Balaban J connectivity index is 2.40. The van der Waals surface area contributed by atoms with E-state index in [1.807, 2.05) is 20.0 Å². The van der Waals surface area contributed by atoms with E-state index >= 15 is 0 Å². The van der Waals surface area contributed by atoms with Crippen LogP contribution in [0.1, 0.15) is 31.9 Å². The van der Waals surface area contributed by atoms with Crippen molar-refractivity contribution in [1.29, 1.82) is 0 Å². The molecular formula is C15H23FN2O. The van der Waals surface area contributed by atoms with Crippen LogP contribution >= 0.6 is 0 Å². The number of halogens is 1. The molecule has 19 heavy (non-hydrogen) atoms. The Morgan fingerprint density at radius 2 is 2.32 bits per heavy atom. The number of nitrogens with one attached hydrogen (secondary N) is 1. The van der Waals surface area contributed by atoms with Gasteiger partial charge in [-0.2, -0.15) is 0 Å². The predicted molar refractivity (Wildman–Crippen MR) is 76.1 cm³/mol. The molecule has 0 aromatic heterocycles. The second-order valence-corrected chi connectivity index (χ2v) is 5.01. The van der Waals surface area contributed by atoms with E-state index in [1.165, 1.54) is 6.07 Å². The Bertz CT molecular complexity index is 425. The third kappa shape index (κ3) is 2.90. The lowest BCUT2D eigenvalue weighted by Crippen LogP contribution is -2.46. The molecule has 106 valence electrons. The molecule has 2 rings (SSSR count). The highest BCUT2D eigenvalue weighted by Crippen LogP contribution is 2.31. The van der Waals surface area contributed by atoms with Gasteiger partial charge in [-0.05, 0) is 32.5 Å². The van der Waals surface area contributed by atoms with E-state index in [-0.39, 0.29) is 11.9 Å². The molecular weight excluding hydrogens is 243 g/mol. The van der Waals surface area contributed by atoms with E-state index in [4.69, 9.17) is 4.74 Å². The van der Waals surface area contributed by atoms with E-state index in [0.717, 1.165) is 30.8 Å². The second-order valence-electron chi connectivity index (χ2n) is 5.01. The highest BCUT2D eigenvalue weighted by molar-refractivity contribution is 5.56. The number of nitrogens with zero attached hydrogens (tertiary/aromatic N) is 1. The monoisotopic (exact) mass is 266 g/mol. The molecule has 0 saturated carbocycles. The van der Waals surface area contributed by atoms with E-state index in [9.17, 15) is 4.39 Å². The fourth-order valence-corrected chi connectivity index (χ4v) is 2.66. The second kappa shape index (κ2) is 6.35. The van der Waals surface area contributed by atoms with Crippen molar-refractivity contribution in [3.63, 3.8) is 0 Å². The first-order valence-electron chi connectivity index (χ1n) is 6.99. The fourth-order valence-electron chi connectivity index (χ4n) is 2.66. The molecule has 0 spiro atoms. The normalized spacial score (nSPS) is 21.5. The molecule has 0 radical (unpaired) electrons. The van der Waals surface area contributed by atoms with Crippen LogP contribution in [0.5, 0.6) is 0 Å². The van der Waals surface area contributed by atoms with Gasteiger partial charge in [0.05, 0.1) is 19.3 Å². The molecule has 3 nitrogen and oxygen atoms in total. The average Bonchev–Trinajstić information content (AvgIpc) is 2.46. The summed E-state index contributed by atoms with van der Waals surface area (Å²) in [7, 11) is 1.86. The molecule has 4 heteroatoms. The van der Waals surface area contributed by atoms with E-state index < -0.39 is 0 Å². The van der Waals surface area contributed by atoms with E-state index in [2.05, 4.69) is 17.1 Å². The van der Waals surface area contributed by atoms with Crippen molar-refractivity contribution in [3.05, 3.63) is 29.6 Å². The molecule has 1 fully saturated rings. The van der Waals surface area contributed by atoms with Crippen LogP contribution in [-0.4, -0.2) is 32.8 Å². The molecule has 0 amide bonds. The Hall–Kier alpha value is -1.13. The van der Waals surface area contributed by atoms with Gasteiger partial charge in [0.1, 0.15) is 5.82 Å². The first-order valence-corrected chi connectivity index (χ1v) is 6.99. The lowest BCUT2D eigenvalue weighted by atomic mass is 10.0. The van der Waals surface area contributed by atoms with Crippen LogP contribution < -0.4 is 10.2 Å². The van der Waals surface area contributed by atoms with Gasteiger partial charge in [-0.25, -0.2) is 4.39 Å². The predicted octanol–water partition coefficient (Wildman–Crippen LogP) is 2.72. The lowest BCUT2D eigenvalue weighted by Gasteiger charge is -2.38. The number of hydrogen-bond donors (Lipinski definition) is 1. The number of hydrogen-bond acceptors (Lipinski definition) is 3. The Kier molecular flexibility index (Phi) is 4.77. The first kappa shape index (κ1) is 14.3. The minimum atomic E-state index is -0.138. The van der Waals surface area contributed by atoms with Crippen molar-refractivity contribution in [3.8, 4) is 0 Å². The maximum absolute atomic E-state index is 14.2. The number of ether oxygens (including phenoxy) is 1. The summed E-state index contributed by atoms with van der Waals surface area (Å²) >= 11 is 0. The number of benzene rings is 1. The van der Waals surface area contributed by atoms with Gasteiger partial charge in [0, 0.05) is 23.8 Å². The van der Waals surface area contributed by atoms with Crippen LogP contribution in [0.3, 0.4) is 0 Å². The number of rotatable bonds is 4. The maximum Gasteiger partial charge on any atom is 0.130 e. The van der Waals surface area contributed by atoms with Crippen molar-refractivity contribution >= 4 is 5.69 Å². The van der Waals surface area contributed by atoms with Crippen molar-refractivity contribution in [1.82, 2.24) is 5.32 Å². The van der Waals surface area contributed by atoms with E-state index in [0.29, 0.717) is 12.6 Å². The zero-order valence-electron chi connectivity index (χ0n) is 11.9. The topological polar surface area (TPSA) is 24.5 Å². The highest BCUT2D eigenvalue weighted by atomic mass is 19.1. The molecule has 2 atom stereocenters. The van der Waals surface area contributed by atoms with Crippen LogP contribution in [0.4, 0.5) is 10.1 Å². The van der Waals surface area contributed by atoms with Gasteiger partial charge in [-0.3, -0.25) is 0 Å². The Morgan fingerprint density at radius 1 is 1.53 bits per heavy atom. The minimum Gasteiger partial charge on any atom is -0.377 e. The molecule has 1 aliphatic rings. The zero-order valence-corrected chi connectivity index (χ0v) is 11.9. The van der Waals surface area contributed by atoms with Crippen molar-refractivity contribution in [2.45, 2.75) is 32.4 Å². The van der Waals surface area contributed by atoms with Crippen molar-refractivity contribution in [2.75, 3.05) is 31.7 Å². The summed E-state index contributed by atoms with van der Waals surface area (Å²) in [6, 6.07) is 5.67. The molecule has 1 aromatic rings. The Labute approximate surface area is 114 Å². The number of anilines is 1. The molecule has 1 N–H and O–H groups in total. The van der Waals surface area contributed by atoms with E-state index in [1.54, 1.807) is 6.07 Å². The molecule has 1 aliphatic heterocycles. The molecule has 1 heterocycles. The summed E-state index contributed by atoms with van der Waals surface area (Å²) in [5.74, 6) is -0.138. The van der Waals surface area contributed by atoms with Crippen LogP contribution in [0.2, 0.25) is 0 Å². The van der Waals surface area contributed by atoms with Gasteiger partial charge < -0.3 is 15.0 Å². The van der Waals surface area contributed by atoms with Crippen LogP contribution in [0.15, 0.2) is 18.2 Å². The van der Waals surface area contributed by atoms with Crippen molar-refractivity contribution in [2.24, 2.45) is 0 Å². The number of morpholine rings is 1. The van der Waals surface area contributed by atoms with Crippen LogP contribution in [-0.2, 0) is 4.74 Å². The molecule has 0 aliphatic carbocycles. The van der Waals surface area contributed by atoms with Gasteiger partial charge in [-0.15, -0.1) is 0 Å². The first-order chi connectivity index (χ1) is 9.19. The highest BCUT2D eigenvalue weighted by Gasteiger charge is 2.26. The van der Waals surface area contributed by atoms with Crippen LogP contribution in [0, 0.1) is 5.82 Å². The van der Waals surface area contributed by atoms with Gasteiger partial charge in [0.15, 0.2) is 0 Å². The largest absolute Gasteiger partial charge is 0.377 e. The Morgan fingerprint density at radius 3 is 3.00 bits per heavy atom. The zero-order chi connectivity index (χ0) is 13.8. The standard InChI is InChI=1S/C15H23FN2O/c1-4-12-10-19-9-8-18(12)14-7-5-6-13(16)15(14)11(2)17-3/h5-7,11-12,17H,4,8-10H2,1-3H3. The summed E-state index contributed by atoms with van der Waals surface area (Å²) in [5, 5.41) is 3.14.